The number of rotatable bonds is 5. The van der Waals surface area contributed by atoms with Crippen molar-refractivity contribution in [3.05, 3.63) is 71.1 Å². The predicted molar refractivity (Wildman–Crippen MR) is 114 cm³/mol. The lowest BCUT2D eigenvalue weighted by molar-refractivity contribution is -0.159. The first-order valence-corrected chi connectivity index (χ1v) is 10.5. The molecule has 9 nitrogen and oxygen atoms in total. The third kappa shape index (κ3) is 5.30. The third-order valence-corrected chi connectivity index (χ3v) is 5.34. The number of ether oxygens (including phenoxy) is 1. The van der Waals surface area contributed by atoms with Crippen LogP contribution in [0.4, 0.5) is 13.2 Å². The maximum absolute atomic E-state index is 13.1. The van der Waals surface area contributed by atoms with Gasteiger partial charge in [0, 0.05) is 24.2 Å². The van der Waals surface area contributed by atoms with Gasteiger partial charge in [-0.05, 0) is 24.3 Å². The predicted octanol–water partition coefficient (Wildman–Crippen LogP) is 2.90. The Bertz CT molecular complexity index is 1270. The Kier molecular flexibility index (Phi) is 6.79. The van der Waals surface area contributed by atoms with Crippen LogP contribution in [0, 0.1) is 11.3 Å². The Hall–Kier alpha value is -4.24. The van der Waals surface area contributed by atoms with Crippen LogP contribution < -0.4 is 5.32 Å². The van der Waals surface area contributed by atoms with Crippen LogP contribution in [0.25, 0.3) is 11.4 Å². The van der Waals surface area contributed by atoms with Gasteiger partial charge >= 0.3 is 12.1 Å². The molecule has 0 radical (unpaired) electrons. The Labute approximate surface area is 197 Å². The van der Waals surface area contributed by atoms with Crippen molar-refractivity contribution in [3.8, 4) is 17.5 Å². The number of nitrogens with one attached hydrogen (secondary N) is 1. The summed E-state index contributed by atoms with van der Waals surface area (Å²) >= 11 is 0. The molecule has 1 N–H and O–H groups in total. The zero-order valence-corrected chi connectivity index (χ0v) is 18.1. The van der Waals surface area contributed by atoms with Crippen molar-refractivity contribution in [2.24, 2.45) is 0 Å². The van der Waals surface area contributed by atoms with Crippen LogP contribution in [0.1, 0.15) is 32.2 Å². The van der Waals surface area contributed by atoms with Crippen LogP contribution >= 0.6 is 0 Å². The average molecular weight is 485 g/mol. The number of hydrogen-bond acceptors (Lipinski definition) is 7. The van der Waals surface area contributed by atoms with E-state index >= 15 is 0 Å². The largest absolute Gasteiger partial charge is 0.471 e. The molecule has 0 unspecified atom stereocenters. The highest BCUT2D eigenvalue weighted by molar-refractivity contribution is 5.97. The molecule has 0 aliphatic carbocycles. The van der Waals surface area contributed by atoms with Gasteiger partial charge in [0.05, 0.1) is 36.5 Å². The standard InChI is InChI=1S/C23H18F3N5O4/c24-23(25,26)22-29-19(30-35-22)14-5-7-15(8-6-14)20(32)28-12-17-13-34-10-9-31(17)21(33)18-4-2-1-3-16(18)11-27/h1-8,17H,9-10,12-13H2,(H,28,32)/t17-/m0/s1. The second-order valence-electron chi connectivity index (χ2n) is 7.59. The third-order valence-electron chi connectivity index (χ3n) is 5.34. The fourth-order valence-electron chi connectivity index (χ4n) is 3.55. The van der Waals surface area contributed by atoms with Gasteiger partial charge in [0.2, 0.25) is 5.82 Å². The molecule has 0 spiro atoms. The summed E-state index contributed by atoms with van der Waals surface area (Å²) in [5.41, 5.74) is 1.03. The summed E-state index contributed by atoms with van der Waals surface area (Å²) < 4.78 is 47.6. The van der Waals surface area contributed by atoms with Crippen LogP contribution in [-0.2, 0) is 10.9 Å². The molecule has 2 aromatic carbocycles. The molecule has 1 aliphatic heterocycles. The van der Waals surface area contributed by atoms with Gasteiger partial charge < -0.3 is 19.5 Å². The molecule has 35 heavy (non-hydrogen) atoms. The summed E-state index contributed by atoms with van der Waals surface area (Å²) in [4.78, 5) is 30.6. The van der Waals surface area contributed by atoms with Crippen molar-refractivity contribution < 1.29 is 32.0 Å². The molecule has 0 bridgehead atoms. The summed E-state index contributed by atoms with van der Waals surface area (Å²) in [5.74, 6) is -2.49. The first-order chi connectivity index (χ1) is 16.8. The number of alkyl halides is 3. The number of benzene rings is 2. The second-order valence-corrected chi connectivity index (χ2v) is 7.59. The number of carbonyl (C=O) groups excluding carboxylic acids is 2. The Morgan fingerprint density at radius 3 is 2.60 bits per heavy atom. The summed E-state index contributed by atoms with van der Waals surface area (Å²) in [6, 6.07) is 13.7. The number of hydrogen-bond donors (Lipinski definition) is 1. The SMILES string of the molecule is N#Cc1ccccc1C(=O)N1CCOC[C@@H]1CNC(=O)c1ccc(-c2noc(C(F)(F)F)n2)cc1. The van der Waals surface area contributed by atoms with E-state index in [-0.39, 0.29) is 47.1 Å². The van der Waals surface area contributed by atoms with E-state index in [1.165, 1.54) is 24.3 Å². The molecular weight excluding hydrogens is 467 g/mol. The van der Waals surface area contributed by atoms with Gasteiger partial charge in [-0.1, -0.05) is 29.4 Å². The summed E-state index contributed by atoms with van der Waals surface area (Å²) in [6.45, 7) is 0.941. The number of aromatic nitrogens is 2. The highest BCUT2D eigenvalue weighted by atomic mass is 19.4. The Morgan fingerprint density at radius 1 is 1.17 bits per heavy atom. The van der Waals surface area contributed by atoms with Crippen LogP contribution in [0.5, 0.6) is 0 Å². The molecule has 1 aromatic heterocycles. The lowest BCUT2D eigenvalue weighted by atomic mass is 10.1. The topological polar surface area (TPSA) is 121 Å². The van der Waals surface area contributed by atoms with E-state index in [4.69, 9.17) is 4.74 Å². The molecule has 1 saturated heterocycles. The zero-order valence-electron chi connectivity index (χ0n) is 18.1. The molecule has 180 valence electrons. The number of morpholine rings is 1. The molecule has 1 atom stereocenters. The van der Waals surface area contributed by atoms with Crippen LogP contribution in [-0.4, -0.2) is 59.2 Å². The highest BCUT2D eigenvalue weighted by Gasteiger charge is 2.38. The monoisotopic (exact) mass is 485 g/mol. The number of amides is 2. The van der Waals surface area contributed by atoms with Gasteiger partial charge in [0.25, 0.3) is 11.8 Å². The van der Waals surface area contributed by atoms with Crippen molar-refractivity contribution in [1.82, 2.24) is 20.4 Å². The summed E-state index contributed by atoms with van der Waals surface area (Å²) in [7, 11) is 0. The van der Waals surface area contributed by atoms with E-state index in [1.807, 2.05) is 6.07 Å². The van der Waals surface area contributed by atoms with Gasteiger partial charge in [0.1, 0.15) is 0 Å². The molecule has 3 aromatic rings. The number of nitrogens with zero attached hydrogens (tertiary/aromatic N) is 4. The zero-order chi connectivity index (χ0) is 25.0. The number of halogens is 3. The fraction of sp³-hybridized carbons (Fsp3) is 0.261. The molecule has 0 saturated carbocycles. The van der Waals surface area contributed by atoms with E-state index in [1.54, 1.807) is 29.2 Å². The van der Waals surface area contributed by atoms with Gasteiger partial charge in [-0.15, -0.1) is 0 Å². The first-order valence-electron chi connectivity index (χ1n) is 10.5. The van der Waals surface area contributed by atoms with Gasteiger partial charge in [-0.2, -0.15) is 23.4 Å². The molecule has 4 rings (SSSR count). The highest BCUT2D eigenvalue weighted by Crippen LogP contribution is 2.29. The second kappa shape index (κ2) is 9.94. The molecular formula is C23H18F3N5O4. The van der Waals surface area contributed by atoms with Crippen LogP contribution in [0.2, 0.25) is 0 Å². The molecule has 2 heterocycles. The smallest absolute Gasteiger partial charge is 0.377 e. The van der Waals surface area contributed by atoms with E-state index in [2.05, 4.69) is 20.0 Å². The van der Waals surface area contributed by atoms with Gasteiger partial charge in [-0.3, -0.25) is 9.59 Å². The quantitative estimate of drug-likeness (QED) is 0.590. The van der Waals surface area contributed by atoms with Crippen molar-refractivity contribution in [2.45, 2.75) is 12.2 Å². The average Bonchev–Trinajstić information content (AvgIpc) is 3.38. The van der Waals surface area contributed by atoms with Crippen molar-refractivity contribution in [3.63, 3.8) is 0 Å². The minimum Gasteiger partial charge on any atom is -0.377 e. The minimum atomic E-state index is -4.75. The lowest BCUT2D eigenvalue weighted by Crippen LogP contribution is -2.53. The van der Waals surface area contributed by atoms with Crippen LogP contribution in [0.3, 0.4) is 0 Å². The Morgan fingerprint density at radius 2 is 1.91 bits per heavy atom. The van der Waals surface area contributed by atoms with E-state index in [0.717, 1.165) is 0 Å². The molecule has 2 amide bonds. The molecule has 12 heteroatoms. The van der Waals surface area contributed by atoms with E-state index in [9.17, 15) is 28.0 Å². The van der Waals surface area contributed by atoms with Crippen molar-refractivity contribution >= 4 is 11.8 Å². The molecule has 1 fully saturated rings. The van der Waals surface area contributed by atoms with Gasteiger partial charge in [-0.25, -0.2) is 0 Å². The number of carbonyl (C=O) groups is 2. The summed E-state index contributed by atoms with van der Waals surface area (Å²) in [6.07, 6.45) is -4.75. The van der Waals surface area contributed by atoms with Gasteiger partial charge in [0.15, 0.2) is 0 Å². The van der Waals surface area contributed by atoms with Crippen molar-refractivity contribution in [2.75, 3.05) is 26.3 Å². The lowest BCUT2D eigenvalue weighted by Gasteiger charge is -2.36. The minimum absolute atomic E-state index is 0.0980. The Balaban J connectivity index is 1.41. The maximum Gasteiger partial charge on any atom is 0.471 e. The number of nitriles is 1. The van der Waals surface area contributed by atoms with E-state index in [0.29, 0.717) is 13.2 Å². The summed E-state index contributed by atoms with van der Waals surface area (Å²) in [5, 5.41) is 15.3. The normalized spacial score (nSPS) is 15.9. The first kappa shape index (κ1) is 23.9. The van der Waals surface area contributed by atoms with Crippen LogP contribution in [0.15, 0.2) is 53.1 Å². The fourth-order valence-corrected chi connectivity index (χ4v) is 3.55. The maximum atomic E-state index is 13.1. The van der Waals surface area contributed by atoms with Crippen molar-refractivity contribution in [1.29, 1.82) is 5.26 Å². The van der Waals surface area contributed by atoms with E-state index < -0.39 is 24.0 Å². The molecule has 1 aliphatic rings.